The molecular formula is C14H21NO9. The molecule has 0 atom stereocenters. The average molecular weight is 347 g/mol. The average Bonchev–Trinajstić information content (AvgIpc) is 2.54. The van der Waals surface area contributed by atoms with Crippen LogP contribution in [0.1, 0.15) is 19.3 Å². The fourth-order valence-corrected chi connectivity index (χ4v) is 1.03. The third kappa shape index (κ3) is 14.0. The molecule has 10 heteroatoms. The van der Waals surface area contributed by atoms with Gasteiger partial charge in [-0.15, -0.1) is 0 Å². The van der Waals surface area contributed by atoms with E-state index in [1.165, 1.54) is 28.4 Å². The summed E-state index contributed by atoms with van der Waals surface area (Å²) in [6.07, 6.45) is 0.166. The van der Waals surface area contributed by atoms with E-state index in [0.29, 0.717) is 0 Å². The molecule has 0 saturated heterocycles. The number of hydrogen-bond acceptors (Lipinski definition) is 10. The molecular weight excluding hydrogens is 326 g/mol. The van der Waals surface area contributed by atoms with Crippen molar-refractivity contribution < 1.29 is 42.9 Å². The number of carbonyl (C=O) groups is 5. The summed E-state index contributed by atoms with van der Waals surface area (Å²) in [5, 5.41) is 0. The molecule has 0 aliphatic rings. The Labute approximate surface area is 138 Å². The van der Waals surface area contributed by atoms with E-state index in [2.05, 4.69) is 18.9 Å². The summed E-state index contributed by atoms with van der Waals surface area (Å²) < 4.78 is 17.1. The number of hydrogen-bond donors (Lipinski definition) is 1. The summed E-state index contributed by atoms with van der Waals surface area (Å²) in [5.41, 5.74) is 5.41. The van der Waals surface area contributed by atoms with Crippen LogP contribution >= 0.6 is 0 Å². The van der Waals surface area contributed by atoms with E-state index < -0.39 is 29.7 Å². The number of methoxy groups -OCH3 is 4. The van der Waals surface area contributed by atoms with E-state index in [9.17, 15) is 24.0 Å². The van der Waals surface area contributed by atoms with Crippen LogP contribution in [0.5, 0.6) is 0 Å². The quantitative estimate of drug-likeness (QED) is 0.270. The molecule has 0 unspecified atom stereocenters. The zero-order chi connectivity index (χ0) is 19.1. The number of ketones is 1. The molecule has 0 saturated carbocycles. The predicted octanol–water partition coefficient (Wildman–Crippen LogP) is -0.753. The van der Waals surface area contributed by atoms with Gasteiger partial charge in [-0.05, 0) is 0 Å². The Hall–Kier alpha value is -2.91. The minimum absolute atomic E-state index is 0.106. The minimum atomic E-state index is -0.649. The second-order valence-corrected chi connectivity index (χ2v) is 4.04. The lowest BCUT2D eigenvalue weighted by Crippen LogP contribution is -2.14. The van der Waals surface area contributed by atoms with Crippen LogP contribution in [-0.2, 0) is 42.9 Å². The Morgan fingerprint density at radius 1 is 0.708 bits per heavy atom. The first-order valence-electron chi connectivity index (χ1n) is 6.46. The summed E-state index contributed by atoms with van der Waals surface area (Å²) in [6.45, 7) is 0. The smallest absolute Gasteiger partial charge is 0.332 e. The monoisotopic (exact) mass is 347 g/mol. The number of ether oxygens (including phenoxy) is 4. The van der Waals surface area contributed by atoms with Gasteiger partial charge in [-0.25, -0.2) is 4.79 Å². The number of Topliss-reactive ketones (excluding diaryl/α,β-unsaturated/α-hetero) is 1. The van der Waals surface area contributed by atoms with Gasteiger partial charge in [0.2, 0.25) is 0 Å². The van der Waals surface area contributed by atoms with Crippen molar-refractivity contribution in [2.75, 3.05) is 28.4 Å². The summed E-state index contributed by atoms with van der Waals surface area (Å²) in [7, 11) is 4.82. The van der Waals surface area contributed by atoms with E-state index in [0.717, 1.165) is 6.08 Å². The SMILES string of the molecule is COC(=O)/C=C(\N)CC(=O)OC.COC(=O)CC(=O)CC(=O)OC. The predicted molar refractivity (Wildman–Crippen MR) is 79.2 cm³/mol. The van der Waals surface area contributed by atoms with Crippen LogP contribution < -0.4 is 5.73 Å². The third-order valence-electron chi connectivity index (χ3n) is 2.22. The molecule has 0 rings (SSSR count). The summed E-state index contributed by atoms with van der Waals surface area (Å²) >= 11 is 0. The lowest BCUT2D eigenvalue weighted by Gasteiger charge is -1.98. The molecule has 0 heterocycles. The Bertz CT molecular complexity index is 476. The number of esters is 4. The van der Waals surface area contributed by atoms with Gasteiger partial charge in [-0.2, -0.15) is 0 Å². The molecule has 136 valence electrons. The zero-order valence-electron chi connectivity index (χ0n) is 14.0. The maximum atomic E-state index is 10.8. The minimum Gasteiger partial charge on any atom is -0.469 e. The second-order valence-electron chi connectivity index (χ2n) is 4.04. The van der Waals surface area contributed by atoms with Gasteiger partial charge in [-0.1, -0.05) is 0 Å². The van der Waals surface area contributed by atoms with E-state index in [-0.39, 0.29) is 25.0 Å². The number of rotatable bonds is 7. The molecule has 0 aliphatic carbocycles. The van der Waals surface area contributed by atoms with Gasteiger partial charge < -0.3 is 24.7 Å². The topological polar surface area (TPSA) is 148 Å². The van der Waals surface area contributed by atoms with Gasteiger partial charge >= 0.3 is 23.9 Å². The van der Waals surface area contributed by atoms with Crippen LogP contribution in [-0.4, -0.2) is 58.1 Å². The van der Waals surface area contributed by atoms with Crippen LogP contribution in [0.25, 0.3) is 0 Å². The largest absolute Gasteiger partial charge is 0.469 e. The van der Waals surface area contributed by atoms with Crippen molar-refractivity contribution >= 4 is 29.7 Å². The van der Waals surface area contributed by atoms with Gasteiger partial charge in [0.25, 0.3) is 0 Å². The van der Waals surface area contributed by atoms with Crippen molar-refractivity contribution in [1.82, 2.24) is 0 Å². The molecule has 0 aromatic rings. The van der Waals surface area contributed by atoms with Crippen molar-refractivity contribution in [3.63, 3.8) is 0 Å². The Kier molecular flexibility index (Phi) is 13.4. The highest BCUT2D eigenvalue weighted by molar-refractivity contribution is 6.03. The first-order chi connectivity index (χ1) is 11.2. The Morgan fingerprint density at radius 2 is 1.08 bits per heavy atom. The van der Waals surface area contributed by atoms with E-state index in [1.54, 1.807) is 0 Å². The van der Waals surface area contributed by atoms with E-state index >= 15 is 0 Å². The molecule has 24 heavy (non-hydrogen) atoms. The maximum Gasteiger partial charge on any atom is 0.332 e. The molecule has 0 fully saturated rings. The summed E-state index contributed by atoms with van der Waals surface area (Å²) in [5.74, 6) is -2.88. The van der Waals surface area contributed by atoms with Crippen molar-refractivity contribution in [3.05, 3.63) is 11.8 Å². The van der Waals surface area contributed by atoms with Crippen LogP contribution in [0, 0.1) is 0 Å². The standard InChI is InChI=1S/C7H11NO4.C7H10O5/c2*1-11-6(9)3-5(8)4-7(10)12-2/h3H,4,8H2,1-2H3;3-4H2,1-2H3/b5-3-;. The van der Waals surface area contributed by atoms with E-state index in [4.69, 9.17) is 5.73 Å². The zero-order valence-corrected chi connectivity index (χ0v) is 14.0. The Balaban J connectivity index is 0. The lowest BCUT2D eigenvalue weighted by atomic mass is 10.2. The van der Waals surface area contributed by atoms with Gasteiger partial charge in [0.1, 0.15) is 12.8 Å². The molecule has 0 bridgehead atoms. The van der Waals surface area contributed by atoms with Crippen molar-refractivity contribution in [2.24, 2.45) is 5.73 Å². The fraction of sp³-hybridized carbons (Fsp3) is 0.500. The van der Waals surface area contributed by atoms with Gasteiger partial charge in [0, 0.05) is 11.8 Å². The number of carbonyl (C=O) groups excluding carboxylic acids is 5. The summed E-state index contributed by atoms with van der Waals surface area (Å²) in [4.78, 5) is 52.9. The highest BCUT2D eigenvalue weighted by atomic mass is 16.5. The van der Waals surface area contributed by atoms with E-state index in [1.807, 2.05) is 0 Å². The van der Waals surface area contributed by atoms with Crippen LogP contribution in [0.4, 0.5) is 0 Å². The van der Waals surface area contributed by atoms with Crippen LogP contribution in [0.3, 0.4) is 0 Å². The van der Waals surface area contributed by atoms with Crippen molar-refractivity contribution in [1.29, 1.82) is 0 Å². The van der Waals surface area contributed by atoms with Gasteiger partial charge in [-0.3, -0.25) is 19.2 Å². The van der Waals surface area contributed by atoms with Crippen molar-refractivity contribution in [3.8, 4) is 0 Å². The molecule has 0 aromatic heterocycles. The molecule has 0 radical (unpaired) electrons. The van der Waals surface area contributed by atoms with Gasteiger partial charge in [0.15, 0.2) is 5.78 Å². The molecule has 0 amide bonds. The van der Waals surface area contributed by atoms with Crippen LogP contribution in [0.2, 0.25) is 0 Å². The highest BCUT2D eigenvalue weighted by Crippen LogP contribution is 1.95. The first kappa shape index (κ1) is 23.4. The van der Waals surface area contributed by atoms with Crippen molar-refractivity contribution in [2.45, 2.75) is 19.3 Å². The maximum absolute atomic E-state index is 10.8. The second kappa shape index (κ2) is 13.7. The third-order valence-corrected chi connectivity index (χ3v) is 2.22. The normalized spacial score (nSPS) is 9.75. The molecule has 0 aliphatic heterocycles. The molecule has 2 N–H and O–H groups in total. The number of nitrogens with two attached hydrogens (primary N) is 1. The first-order valence-corrected chi connectivity index (χ1v) is 6.46. The molecule has 10 nitrogen and oxygen atoms in total. The van der Waals surface area contributed by atoms with Gasteiger partial charge in [0.05, 0.1) is 34.9 Å². The molecule has 0 aromatic carbocycles. The fourth-order valence-electron chi connectivity index (χ4n) is 1.03. The van der Waals surface area contributed by atoms with Crippen LogP contribution in [0.15, 0.2) is 11.8 Å². The summed E-state index contributed by atoms with van der Waals surface area (Å²) in [6, 6.07) is 0. The highest BCUT2D eigenvalue weighted by Gasteiger charge is 2.13. The lowest BCUT2D eigenvalue weighted by molar-refractivity contribution is -0.146. The molecule has 0 spiro atoms. The Morgan fingerprint density at radius 3 is 1.42 bits per heavy atom.